The van der Waals surface area contributed by atoms with Crippen molar-refractivity contribution in [2.75, 3.05) is 0 Å². The second kappa shape index (κ2) is 1.67. The summed E-state index contributed by atoms with van der Waals surface area (Å²) < 4.78 is 3.47. The van der Waals surface area contributed by atoms with Crippen molar-refractivity contribution in [3.05, 3.63) is 17.6 Å². The Morgan fingerprint density at radius 2 is 2.71 bits per heavy atom. The van der Waals surface area contributed by atoms with E-state index in [1.54, 1.807) is 0 Å². The molecule has 4 heteroatoms. The highest BCUT2D eigenvalue weighted by atomic mass is 32.1. The summed E-state index contributed by atoms with van der Waals surface area (Å²) in [6, 6.07) is 0. The molecule has 0 bridgehead atoms. The smallest absolute Gasteiger partial charge is 0.223 e. The van der Waals surface area contributed by atoms with E-state index >= 15 is 0 Å². The van der Waals surface area contributed by atoms with Crippen molar-refractivity contribution in [1.82, 2.24) is 9.59 Å². The molecule has 0 N–H and O–H groups in total. The van der Waals surface area contributed by atoms with Crippen LogP contribution in [0.2, 0.25) is 0 Å². The van der Waals surface area contributed by atoms with E-state index in [1.165, 1.54) is 6.20 Å². The first-order chi connectivity index (χ1) is 3.43. The van der Waals surface area contributed by atoms with Crippen LogP contribution in [0.5, 0.6) is 0 Å². The van der Waals surface area contributed by atoms with Gasteiger partial charge in [0.25, 0.3) is 5.00 Å². The lowest BCUT2D eigenvalue weighted by atomic mass is 10.9. The lowest BCUT2D eigenvalue weighted by molar-refractivity contribution is 1.16. The van der Waals surface area contributed by atoms with Crippen LogP contribution in [0.3, 0.4) is 0 Å². The molecule has 0 aliphatic rings. The first-order valence-corrected chi connectivity index (χ1v) is 2.35. The summed E-state index contributed by atoms with van der Waals surface area (Å²) in [5.74, 6) is 0. The number of hydrogen-bond acceptors (Lipinski definition) is 3. The minimum absolute atomic E-state index is 0.542. The quantitative estimate of drug-likeness (QED) is 0.469. The molecule has 1 rings (SSSR count). The Hall–Kier alpha value is -0.950. The molecule has 1 heterocycles. The maximum Gasteiger partial charge on any atom is 0.279 e. The molecule has 0 saturated carbocycles. The van der Waals surface area contributed by atoms with Crippen molar-refractivity contribution >= 4 is 16.5 Å². The molecule has 0 unspecified atom stereocenters. The highest BCUT2D eigenvalue weighted by Gasteiger charge is 1.86. The van der Waals surface area contributed by atoms with Crippen LogP contribution in [-0.2, 0) is 0 Å². The molecule has 7 heavy (non-hydrogen) atoms. The predicted octanol–water partition coefficient (Wildman–Crippen LogP) is 1.09. The fourth-order valence-corrected chi connectivity index (χ4v) is 0.524. The zero-order chi connectivity index (χ0) is 5.11. The molecule has 0 amide bonds. The molecule has 0 fully saturated rings. The van der Waals surface area contributed by atoms with Gasteiger partial charge in [-0.15, -0.1) is 4.49 Å². The Morgan fingerprint density at radius 3 is 3.00 bits per heavy atom. The van der Waals surface area contributed by atoms with Crippen molar-refractivity contribution in [3.63, 3.8) is 0 Å². The van der Waals surface area contributed by atoms with Crippen LogP contribution in [0.1, 0.15) is 0 Å². The van der Waals surface area contributed by atoms with Crippen molar-refractivity contribution in [2.45, 2.75) is 0 Å². The van der Waals surface area contributed by atoms with Crippen LogP contribution >= 0.6 is 11.5 Å². The Labute approximate surface area is 44.6 Å². The summed E-state index contributed by atoms with van der Waals surface area (Å²) in [4.78, 5) is 3.07. The monoisotopic (exact) mass is 111 g/mol. The molecule has 1 aromatic heterocycles. The van der Waals surface area contributed by atoms with Gasteiger partial charge in [-0.3, -0.25) is 0 Å². The molecule has 0 aromatic carbocycles. The SMILES string of the molecule is [C-]#[N+]c1cnns1. The van der Waals surface area contributed by atoms with Crippen LogP contribution in [0.15, 0.2) is 6.20 Å². The van der Waals surface area contributed by atoms with Gasteiger partial charge in [-0.2, -0.15) is 5.10 Å². The molecule has 0 aliphatic carbocycles. The molecule has 0 aliphatic heterocycles. The van der Waals surface area contributed by atoms with E-state index in [4.69, 9.17) is 6.57 Å². The average Bonchev–Trinajstić information content (AvgIpc) is 2.14. The number of nitrogens with zero attached hydrogens (tertiary/aromatic N) is 3. The summed E-state index contributed by atoms with van der Waals surface area (Å²) in [6.45, 7) is 6.42. The van der Waals surface area contributed by atoms with E-state index in [0.29, 0.717) is 5.00 Å². The largest absolute Gasteiger partial charge is 0.279 e. The number of aromatic nitrogens is 2. The minimum atomic E-state index is 0.542. The zero-order valence-electron chi connectivity index (χ0n) is 3.33. The fraction of sp³-hybridized carbons (Fsp3) is 0. The Bertz CT molecular complexity index is 173. The second-order valence-corrected chi connectivity index (χ2v) is 1.63. The minimum Gasteiger partial charge on any atom is -0.223 e. The van der Waals surface area contributed by atoms with Gasteiger partial charge in [0.15, 0.2) is 0 Å². The summed E-state index contributed by atoms with van der Waals surface area (Å²) in [5, 5.41) is 3.99. The van der Waals surface area contributed by atoms with Gasteiger partial charge in [-0.25, -0.2) is 4.85 Å². The standard InChI is InChI=1S/C3HN3S/c1-4-3-2-5-6-7-3/h2H. The molecule has 0 spiro atoms. The lowest BCUT2D eigenvalue weighted by Crippen LogP contribution is -1.51. The Kier molecular flexibility index (Phi) is 1.00. The number of rotatable bonds is 0. The molecular weight excluding hydrogens is 110 g/mol. The highest BCUT2D eigenvalue weighted by molar-refractivity contribution is 7.09. The van der Waals surface area contributed by atoms with E-state index in [9.17, 15) is 0 Å². The summed E-state index contributed by atoms with van der Waals surface area (Å²) in [5.41, 5.74) is 0. The van der Waals surface area contributed by atoms with E-state index in [0.717, 1.165) is 11.5 Å². The van der Waals surface area contributed by atoms with Crippen LogP contribution in [-0.4, -0.2) is 9.59 Å². The van der Waals surface area contributed by atoms with Crippen molar-refractivity contribution in [1.29, 1.82) is 0 Å². The predicted molar refractivity (Wildman–Crippen MR) is 26.2 cm³/mol. The van der Waals surface area contributed by atoms with Gasteiger partial charge >= 0.3 is 0 Å². The van der Waals surface area contributed by atoms with Gasteiger partial charge < -0.3 is 0 Å². The van der Waals surface area contributed by atoms with Crippen molar-refractivity contribution in [3.8, 4) is 0 Å². The van der Waals surface area contributed by atoms with Gasteiger partial charge in [0.2, 0.25) is 0 Å². The van der Waals surface area contributed by atoms with Crippen LogP contribution in [0.4, 0.5) is 5.00 Å². The average molecular weight is 111 g/mol. The molecule has 0 atom stereocenters. The summed E-state index contributed by atoms with van der Waals surface area (Å²) in [7, 11) is 0. The molecule has 0 radical (unpaired) electrons. The Morgan fingerprint density at radius 1 is 1.86 bits per heavy atom. The fourth-order valence-electron chi connectivity index (χ4n) is 0.211. The van der Waals surface area contributed by atoms with Crippen molar-refractivity contribution in [2.24, 2.45) is 0 Å². The topological polar surface area (TPSA) is 30.1 Å². The third-order valence-electron chi connectivity index (χ3n) is 0.460. The maximum absolute atomic E-state index is 6.42. The van der Waals surface area contributed by atoms with Crippen molar-refractivity contribution < 1.29 is 0 Å². The molecule has 1 aromatic rings. The maximum atomic E-state index is 6.42. The lowest BCUT2D eigenvalue weighted by Gasteiger charge is -1.59. The van der Waals surface area contributed by atoms with Gasteiger partial charge in [0.1, 0.15) is 0 Å². The molecular formula is C3HN3S. The normalized spacial score (nSPS) is 7.86. The van der Waals surface area contributed by atoms with E-state index < -0.39 is 0 Å². The van der Waals surface area contributed by atoms with Gasteiger partial charge in [-0.05, 0) is 11.5 Å². The second-order valence-electron chi connectivity index (χ2n) is 0.868. The number of hydrogen-bond donors (Lipinski definition) is 0. The third-order valence-corrected chi connectivity index (χ3v) is 1.02. The molecule has 3 nitrogen and oxygen atoms in total. The van der Waals surface area contributed by atoms with E-state index in [2.05, 4.69) is 14.4 Å². The van der Waals surface area contributed by atoms with Crippen LogP contribution < -0.4 is 0 Å². The Balaban J connectivity index is 3.04. The van der Waals surface area contributed by atoms with Gasteiger partial charge in [0, 0.05) is 0 Å². The van der Waals surface area contributed by atoms with Crippen LogP contribution in [0, 0.1) is 6.57 Å². The summed E-state index contributed by atoms with van der Waals surface area (Å²) >= 11 is 1.11. The van der Waals surface area contributed by atoms with E-state index in [-0.39, 0.29) is 0 Å². The summed E-state index contributed by atoms with van der Waals surface area (Å²) in [6.07, 6.45) is 1.44. The first kappa shape index (κ1) is 4.22. The highest BCUT2D eigenvalue weighted by Crippen LogP contribution is 2.11. The van der Waals surface area contributed by atoms with E-state index in [1.807, 2.05) is 0 Å². The first-order valence-electron chi connectivity index (χ1n) is 1.58. The molecule has 0 saturated heterocycles. The zero-order valence-corrected chi connectivity index (χ0v) is 4.14. The third kappa shape index (κ3) is 0.725. The van der Waals surface area contributed by atoms with Crippen LogP contribution in [0.25, 0.3) is 4.85 Å². The van der Waals surface area contributed by atoms with Gasteiger partial charge in [-0.1, -0.05) is 0 Å². The molecule has 34 valence electrons. The van der Waals surface area contributed by atoms with Gasteiger partial charge in [0.05, 0.1) is 12.8 Å².